The summed E-state index contributed by atoms with van der Waals surface area (Å²) in [6.45, 7) is 7.85. The van der Waals surface area contributed by atoms with Gasteiger partial charge in [-0.1, -0.05) is 50.0 Å². The lowest BCUT2D eigenvalue weighted by molar-refractivity contribution is 0.317. The van der Waals surface area contributed by atoms with Gasteiger partial charge in [-0.15, -0.1) is 0 Å². The van der Waals surface area contributed by atoms with E-state index in [1.165, 1.54) is 5.56 Å². The zero-order valence-electron chi connectivity index (χ0n) is 9.33. The van der Waals surface area contributed by atoms with Crippen LogP contribution in [0.5, 0.6) is 0 Å². The highest BCUT2D eigenvalue weighted by Gasteiger charge is 2.16. The molecule has 1 aromatic carbocycles. The van der Waals surface area contributed by atoms with Crippen molar-refractivity contribution in [3.05, 3.63) is 35.9 Å². The van der Waals surface area contributed by atoms with Gasteiger partial charge in [-0.25, -0.2) is 5.01 Å². The van der Waals surface area contributed by atoms with Crippen molar-refractivity contribution in [2.75, 3.05) is 6.17 Å². The number of benzene rings is 1. The zero-order chi connectivity index (χ0) is 10.6. The molecule has 0 aliphatic carbocycles. The summed E-state index contributed by atoms with van der Waals surface area (Å²) in [6, 6.07) is 10.4. The van der Waals surface area contributed by atoms with Crippen LogP contribution in [0.1, 0.15) is 5.56 Å². The van der Waals surface area contributed by atoms with E-state index >= 15 is 0 Å². The lowest BCUT2D eigenvalue weighted by Crippen LogP contribution is -2.43. The van der Waals surface area contributed by atoms with Gasteiger partial charge in [0.15, 0.2) is 0 Å². The van der Waals surface area contributed by atoms with Gasteiger partial charge in [0.2, 0.25) is 0 Å². The summed E-state index contributed by atoms with van der Waals surface area (Å²) < 4.78 is 0. The lowest BCUT2D eigenvalue weighted by atomic mass is 10.2. The van der Waals surface area contributed by atoms with Crippen LogP contribution in [-0.2, 0) is 6.54 Å². The van der Waals surface area contributed by atoms with E-state index in [-0.39, 0.29) is 0 Å². The van der Waals surface area contributed by atoms with Gasteiger partial charge in [0.1, 0.15) is 0 Å². The maximum atomic E-state index is 5.96. The Hall–Kier alpha value is -0.643. The zero-order valence-corrected chi connectivity index (χ0v) is 10.3. The summed E-state index contributed by atoms with van der Waals surface area (Å²) in [5.41, 5.74) is 1.29. The topological polar surface area (TPSA) is 29.3 Å². The normalized spacial score (nSPS) is 12.1. The van der Waals surface area contributed by atoms with Gasteiger partial charge in [0.25, 0.3) is 0 Å². The maximum absolute atomic E-state index is 5.96. The third-order valence-electron chi connectivity index (χ3n) is 1.91. The Morgan fingerprint density at radius 1 is 1.14 bits per heavy atom. The molecule has 0 aliphatic heterocycles. The Kier molecular flexibility index (Phi) is 3.86. The Morgan fingerprint density at radius 3 is 2.21 bits per heavy atom. The molecular weight excluding hydrogens is 188 g/mol. The summed E-state index contributed by atoms with van der Waals surface area (Å²) in [4.78, 5) is 0. The van der Waals surface area contributed by atoms with Crippen LogP contribution in [0.15, 0.2) is 30.3 Å². The number of hydrogen-bond donors (Lipinski definition) is 1. The average molecular weight is 208 g/mol. The summed E-state index contributed by atoms with van der Waals surface area (Å²) in [6.07, 6.45) is 1.04. The van der Waals surface area contributed by atoms with Crippen molar-refractivity contribution in [3.63, 3.8) is 0 Å². The molecule has 0 spiro atoms. The third-order valence-corrected chi connectivity index (χ3v) is 3.26. The predicted octanol–water partition coefficient (Wildman–Crippen LogP) is 2.24. The molecule has 2 N–H and O–H groups in total. The van der Waals surface area contributed by atoms with Gasteiger partial charge in [0.05, 0.1) is 8.07 Å². The van der Waals surface area contributed by atoms with E-state index in [9.17, 15) is 0 Å². The van der Waals surface area contributed by atoms with Gasteiger partial charge in [0, 0.05) is 12.7 Å². The monoisotopic (exact) mass is 208 g/mol. The van der Waals surface area contributed by atoms with E-state index < -0.39 is 8.07 Å². The molecule has 0 atom stereocenters. The van der Waals surface area contributed by atoms with Gasteiger partial charge >= 0.3 is 0 Å². The molecule has 0 aromatic heterocycles. The molecule has 0 fully saturated rings. The first-order valence-electron chi connectivity index (χ1n) is 5.01. The molecule has 0 unspecified atom stereocenters. The fraction of sp³-hybridized carbons (Fsp3) is 0.455. The first-order chi connectivity index (χ1) is 6.47. The second kappa shape index (κ2) is 4.73. The number of nitrogens with two attached hydrogens (primary N) is 1. The van der Waals surface area contributed by atoms with Crippen LogP contribution in [0.2, 0.25) is 19.6 Å². The molecule has 1 aromatic rings. The predicted molar refractivity (Wildman–Crippen MR) is 64.4 cm³/mol. The average Bonchev–Trinajstić information content (AvgIpc) is 2.02. The van der Waals surface area contributed by atoms with Crippen molar-refractivity contribution < 1.29 is 0 Å². The number of hydrogen-bond acceptors (Lipinski definition) is 2. The highest BCUT2D eigenvalue weighted by Crippen LogP contribution is 2.05. The minimum absolute atomic E-state index is 0.852. The second-order valence-corrected chi connectivity index (χ2v) is 10.4. The van der Waals surface area contributed by atoms with Gasteiger partial charge in [-0.05, 0) is 5.56 Å². The van der Waals surface area contributed by atoms with Crippen LogP contribution < -0.4 is 5.84 Å². The highest BCUT2D eigenvalue weighted by molar-refractivity contribution is 6.76. The molecule has 14 heavy (non-hydrogen) atoms. The molecule has 1 rings (SSSR count). The molecule has 0 saturated heterocycles. The van der Waals surface area contributed by atoms with Crippen molar-refractivity contribution in [1.82, 2.24) is 5.01 Å². The van der Waals surface area contributed by atoms with Crippen LogP contribution in [-0.4, -0.2) is 19.3 Å². The summed E-state index contributed by atoms with van der Waals surface area (Å²) in [7, 11) is -1.07. The van der Waals surface area contributed by atoms with Crippen LogP contribution in [0.3, 0.4) is 0 Å². The molecule has 0 heterocycles. The molecule has 0 bridgehead atoms. The SMILES string of the molecule is C[Si](C)(C)CN(N)Cc1ccccc1. The minimum Gasteiger partial charge on any atom is -0.269 e. The molecule has 2 nitrogen and oxygen atoms in total. The summed E-state index contributed by atoms with van der Waals surface area (Å²) in [5, 5.41) is 1.93. The molecule has 0 amide bonds. The van der Waals surface area contributed by atoms with E-state index in [0.717, 1.165) is 12.7 Å². The fourth-order valence-corrected chi connectivity index (χ4v) is 2.81. The van der Waals surface area contributed by atoms with Crippen LogP contribution >= 0.6 is 0 Å². The second-order valence-electron chi connectivity index (χ2n) is 4.95. The van der Waals surface area contributed by atoms with Gasteiger partial charge in [-0.3, -0.25) is 5.84 Å². The van der Waals surface area contributed by atoms with E-state index in [0.29, 0.717) is 0 Å². The summed E-state index contributed by atoms with van der Waals surface area (Å²) in [5.74, 6) is 5.96. The van der Waals surface area contributed by atoms with E-state index in [1.54, 1.807) is 0 Å². The molecular formula is C11H20N2Si. The van der Waals surface area contributed by atoms with Crippen molar-refractivity contribution in [2.45, 2.75) is 26.2 Å². The fourth-order valence-electron chi connectivity index (χ4n) is 1.48. The van der Waals surface area contributed by atoms with Crippen LogP contribution in [0.4, 0.5) is 0 Å². The van der Waals surface area contributed by atoms with Crippen molar-refractivity contribution in [1.29, 1.82) is 0 Å². The third kappa shape index (κ3) is 4.55. The van der Waals surface area contributed by atoms with Crippen LogP contribution in [0, 0.1) is 0 Å². The highest BCUT2D eigenvalue weighted by atomic mass is 28.3. The first kappa shape index (κ1) is 11.4. The smallest absolute Gasteiger partial charge is 0.0618 e. The largest absolute Gasteiger partial charge is 0.269 e. The van der Waals surface area contributed by atoms with E-state index in [4.69, 9.17) is 5.84 Å². The molecule has 0 aliphatic rings. The maximum Gasteiger partial charge on any atom is 0.0618 e. The number of hydrazine groups is 1. The minimum atomic E-state index is -1.07. The van der Waals surface area contributed by atoms with Crippen molar-refractivity contribution in [3.8, 4) is 0 Å². The van der Waals surface area contributed by atoms with Crippen molar-refractivity contribution in [2.24, 2.45) is 5.84 Å². The number of rotatable bonds is 4. The van der Waals surface area contributed by atoms with Gasteiger partial charge < -0.3 is 0 Å². The standard InChI is InChI=1S/C11H20N2Si/c1-14(2,3)10-13(12)9-11-7-5-4-6-8-11/h4-8H,9-10,12H2,1-3H3. The molecule has 3 heteroatoms. The molecule has 0 radical (unpaired) electrons. The van der Waals surface area contributed by atoms with Crippen molar-refractivity contribution >= 4 is 8.07 Å². The van der Waals surface area contributed by atoms with E-state index in [1.807, 2.05) is 11.1 Å². The quantitative estimate of drug-likeness (QED) is 0.467. The Labute approximate surface area is 87.7 Å². The Balaban J connectivity index is 2.46. The van der Waals surface area contributed by atoms with Crippen LogP contribution in [0.25, 0.3) is 0 Å². The molecule has 0 saturated carbocycles. The van der Waals surface area contributed by atoms with Gasteiger partial charge in [-0.2, -0.15) is 0 Å². The van der Waals surface area contributed by atoms with E-state index in [2.05, 4.69) is 43.9 Å². The lowest BCUT2D eigenvalue weighted by Gasteiger charge is -2.24. The first-order valence-corrected chi connectivity index (χ1v) is 8.72. The Morgan fingerprint density at radius 2 is 1.71 bits per heavy atom. The molecule has 78 valence electrons. The number of nitrogens with zero attached hydrogens (tertiary/aromatic N) is 1. The Bertz CT molecular complexity index is 266. The summed E-state index contributed by atoms with van der Waals surface area (Å²) >= 11 is 0.